The summed E-state index contributed by atoms with van der Waals surface area (Å²) in [4.78, 5) is 11.0. The molecule has 4 heteroatoms. The van der Waals surface area contributed by atoms with E-state index in [1.165, 1.54) is 18.2 Å². The highest BCUT2D eigenvalue weighted by atomic mass is 19.1. The summed E-state index contributed by atoms with van der Waals surface area (Å²) in [5.74, 6) is -2.31. The molecule has 2 rings (SSSR count). The van der Waals surface area contributed by atoms with Gasteiger partial charge in [0.05, 0.1) is 5.56 Å². The second-order valence-electron chi connectivity index (χ2n) is 3.52. The van der Waals surface area contributed by atoms with Crippen LogP contribution in [0.3, 0.4) is 0 Å². The van der Waals surface area contributed by atoms with Gasteiger partial charge in [0.2, 0.25) is 0 Å². The van der Waals surface area contributed by atoms with Crippen molar-refractivity contribution in [3.8, 4) is 16.9 Å². The number of carboxylic acid groups (broad SMARTS) is 1. The van der Waals surface area contributed by atoms with Gasteiger partial charge in [0.15, 0.2) is 11.6 Å². The number of carbonyl (C=O) groups is 1. The van der Waals surface area contributed by atoms with Crippen LogP contribution < -0.4 is 0 Å². The number of aromatic carboxylic acids is 1. The number of phenolic OH excluding ortho intramolecular Hbond substituents is 1. The lowest BCUT2D eigenvalue weighted by Crippen LogP contribution is -1.99. The lowest BCUT2D eigenvalue weighted by atomic mass is 9.99. The van der Waals surface area contributed by atoms with Crippen molar-refractivity contribution in [3.63, 3.8) is 0 Å². The van der Waals surface area contributed by atoms with E-state index >= 15 is 0 Å². The van der Waals surface area contributed by atoms with Crippen LogP contribution in [0.4, 0.5) is 4.39 Å². The molecule has 2 aromatic carbocycles. The molecule has 0 aromatic heterocycles. The van der Waals surface area contributed by atoms with Crippen molar-refractivity contribution >= 4 is 5.97 Å². The molecule has 0 fully saturated rings. The summed E-state index contributed by atoms with van der Waals surface area (Å²) in [5, 5.41) is 18.1. The fourth-order valence-corrected chi connectivity index (χ4v) is 1.60. The number of halogens is 1. The molecule has 0 heterocycles. The van der Waals surface area contributed by atoms with Crippen molar-refractivity contribution in [2.45, 2.75) is 0 Å². The van der Waals surface area contributed by atoms with E-state index in [-0.39, 0.29) is 5.56 Å². The zero-order valence-electron chi connectivity index (χ0n) is 8.72. The fraction of sp³-hybridized carbons (Fsp3) is 0. The Labute approximate surface area is 96.8 Å². The molecule has 2 aromatic rings. The summed E-state index contributed by atoms with van der Waals surface area (Å²) in [6, 6.07) is 10.1. The van der Waals surface area contributed by atoms with E-state index in [0.717, 1.165) is 6.07 Å². The van der Waals surface area contributed by atoms with Gasteiger partial charge in [-0.2, -0.15) is 0 Å². The highest BCUT2D eigenvalue weighted by Crippen LogP contribution is 2.27. The Morgan fingerprint density at radius 1 is 1.12 bits per heavy atom. The molecule has 0 atom stereocenters. The van der Waals surface area contributed by atoms with Gasteiger partial charge in [-0.3, -0.25) is 0 Å². The molecule has 3 nitrogen and oxygen atoms in total. The quantitative estimate of drug-likeness (QED) is 0.836. The molecule has 0 amide bonds. The van der Waals surface area contributed by atoms with Crippen molar-refractivity contribution in [3.05, 3.63) is 53.8 Å². The summed E-state index contributed by atoms with van der Waals surface area (Å²) < 4.78 is 13.2. The molecule has 17 heavy (non-hydrogen) atoms. The van der Waals surface area contributed by atoms with Crippen LogP contribution in [-0.2, 0) is 0 Å². The molecule has 0 saturated carbocycles. The average Bonchev–Trinajstić information content (AvgIpc) is 2.32. The van der Waals surface area contributed by atoms with Gasteiger partial charge >= 0.3 is 5.97 Å². The first-order valence-electron chi connectivity index (χ1n) is 4.91. The minimum atomic E-state index is -1.07. The summed E-state index contributed by atoms with van der Waals surface area (Å²) in [6.45, 7) is 0. The number of rotatable bonds is 2. The summed E-state index contributed by atoms with van der Waals surface area (Å²) in [7, 11) is 0. The molecule has 0 spiro atoms. The van der Waals surface area contributed by atoms with Crippen molar-refractivity contribution in [2.24, 2.45) is 0 Å². The van der Waals surface area contributed by atoms with Gasteiger partial charge in [-0.15, -0.1) is 0 Å². The third-order valence-corrected chi connectivity index (χ3v) is 2.42. The van der Waals surface area contributed by atoms with Crippen LogP contribution >= 0.6 is 0 Å². The number of hydrogen-bond acceptors (Lipinski definition) is 2. The first-order valence-corrected chi connectivity index (χ1v) is 4.91. The molecule has 86 valence electrons. The molecule has 0 unspecified atom stereocenters. The van der Waals surface area contributed by atoms with Gasteiger partial charge in [-0.05, 0) is 29.3 Å². The minimum absolute atomic E-state index is 0.0950. The predicted octanol–water partition coefficient (Wildman–Crippen LogP) is 2.90. The Morgan fingerprint density at radius 3 is 2.47 bits per heavy atom. The number of benzene rings is 2. The second kappa shape index (κ2) is 4.25. The standard InChI is InChI=1S/C13H9FO3/c14-11-7-8(5-6-12(11)15)9-3-1-2-4-10(9)13(16)17/h1-7,15H,(H,16,17). The summed E-state index contributed by atoms with van der Waals surface area (Å²) in [6.07, 6.45) is 0. The third-order valence-electron chi connectivity index (χ3n) is 2.42. The van der Waals surface area contributed by atoms with E-state index in [0.29, 0.717) is 11.1 Å². The molecule has 0 saturated heterocycles. The fourth-order valence-electron chi connectivity index (χ4n) is 1.60. The van der Waals surface area contributed by atoms with Gasteiger partial charge in [0.1, 0.15) is 0 Å². The highest BCUT2D eigenvalue weighted by Gasteiger charge is 2.12. The number of hydrogen-bond donors (Lipinski definition) is 2. The van der Waals surface area contributed by atoms with E-state index in [1.54, 1.807) is 18.2 Å². The van der Waals surface area contributed by atoms with E-state index in [1.807, 2.05) is 0 Å². The molecule has 0 bridgehead atoms. The normalized spacial score (nSPS) is 10.2. The van der Waals surface area contributed by atoms with Crippen molar-refractivity contribution in [1.82, 2.24) is 0 Å². The van der Waals surface area contributed by atoms with Gasteiger partial charge < -0.3 is 10.2 Å². The Kier molecular flexibility index (Phi) is 2.78. The number of aromatic hydroxyl groups is 1. The van der Waals surface area contributed by atoms with Gasteiger partial charge in [0.25, 0.3) is 0 Å². The number of phenols is 1. The van der Waals surface area contributed by atoms with Crippen molar-refractivity contribution in [2.75, 3.05) is 0 Å². The predicted molar refractivity (Wildman–Crippen MR) is 60.5 cm³/mol. The van der Waals surface area contributed by atoms with Gasteiger partial charge in [0, 0.05) is 0 Å². The molecule has 0 aliphatic heterocycles. The van der Waals surface area contributed by atoms with Crippen LogP contribution in [0.1, 0.15) is 10.4 Å². The zero-order valence-corrected chi connectivity index (χ0v) is 8.72. The van der Waals surface area contributed by atoms with Crippen LogP contribution in [-0.4, -0.2) is 16.2 Å². The monoisotopic (exact) mass is 232 g/mol. The zero-order chi connectivity index (χ0) is 12.4. The molecule has 2 N–H and O–H groups in total. The largest absolute Gasteiger partial charge is 0.505 e. The first-order chi connectivity index (χ1) is 8.09. The SMILES string of the molecule is O=C(O)c1ccccc1-c1ccc(O)c(F)c1. The highest BCUT2D eigenvalue weighted by molar-refractivity contribution is 5.96. The lowest BCUT2D eigenvalue weighted by Gasteiger charge is -2.06. The second-order valence-corrected chi connectivity index (χ2v) is 3.52. The van der Waals surface area contributed by atoms with E-state index in [2.05, 4.69) is 0 Å². The first kappa shape index (κ1) is 11.1. The molecular formula is C13H9FO3. The molecule has 0 aliphatic rings. The summed E-state index contributed by atoms with van der Waals surface area (Å²) >= 11 is 0. The van der Waals surface area contributed by atoms with Crippen LogP contribution in [0.15, 0.2) is 42.5 Å². The maximum Gasteiger partial charge on any atom is 0.336 e. The minimum Gasteiger partial charge on any atom is -0.505 e. The van der Waals surface area contributed by atoms with Crippen molar-refractivity contribution in [1.29, 1.82) is 0 Å². The average molecular weight is 232 g/mol. The van der Waals surface area contributed by atoms with Gasteiger partial charge in [-0.25, -0.2) is 9.18 Å². The Bertz CT molecular complexity index is 579. The maximum absolute atomic E-state index is 13.2. The molecule has 0 radical (unpaired) electrons. The van der Waals surface area contributed by atoms with E-state index in [9.17, 15) is 9.18 Å². The Balaban J connectivity index is 2.60. The molecule has 0 aliphatic carbocycles. The van der Waals surface area contributed by atoms with Gasteiger partial charge in [-0.1, -0.05) is 24.3 Å². The van der Waals surface area contributed by atoms with Crippen LogP contribution in [0.5, 0.6) is 5.75 Å². The van der Waals surface area contributed by atoms with Crippen LogP contribution in [0, 0.1) is 5.82 Å². The smallest absolute Gasteiger partial charge is 0.336 e. The van der Waals surface area contributed by atoms with Crippen molar-refractivity contribution < 1.29 is 19.4 Å². The van der Waals surface area contributed by atoms with Crippen LogP contribution in [0.2, 0.25) is 0 Å². The Morgan fingerprint density at radius 2 is 1.82 bits per heavy atom. The summed E-state index contributed by atoms with van der Waals surface area (Å²) in [5.41, 5.74) is 0.926. The maximum atomic E-state index is 13.2. The Hall–Kier alpha value is -2.36. The van der Waals surface area contributed by atoms with E-state index in [4.69, 9.17) is 10.2 Å². The van der Waals surface area contributed by atoms with Crippen LogP contribution in [0.25, 0.3) is 11.1 Å². The third kappa shape index (κ3) is 2.10. The topological polar surface area (TPSA) is 57.5 Å². The van der Waals surface area contributed by atoms with E-state index < -0.39 is 17.5 Å². The lowest BCUT2D eigenvalue weighted by molar-refractivity contribution is 0.0697. The molecular weight excluding hydrogens is 223 g/mol. The number of carboxylic acids is 1.